The molecule has 0 radical (unpaired) electrons. The van der Waals surface area contributed by atoms with Crippen LogP contribution in [0.25, 0.3) is 0 Å². The molecule has 2 N–H and O–H groups in total. The molecule has 0 saturated carbocycles. The SMILES string of the molecule is O=C(O)c1cccc(NCc2ccc(Sc3cccc(OCc4ccccc4)c3)cc2Cl)c1. The average molecular weight is 476 g/mol. The lowest BCUT2D eigenvalue weighted by atomic mass is 10.2. The quantitative estimate of drug-likeness (QED) is 0.264. The molecule has 6 heteroatoms. The Bertz CT molecular complexity index is 1250. The summed E-state index contributed by atoms with van der Waals surface area (Å²) in [7, 11) is 0. The van der Waals surface area contributed by atoms with E-state index in [-0.39, 0.29) is 5.56 Å². The molecule has 0 bridgehead atoms. The summed E-state index contributed by atoms with van der Waals surface area (Å²) in [6.45, 7) is 1.02. The molecule has 0 amide bonds. The van der Waals surface area contributed by atoms with Crippen LogP contribution in [-0.2, 0) is 13.2 Å². The maximum absolute atomic E-state index is 11.1. The van der Waals surface area contributed by atoms with Gasteiger partial charge >= 0.3 is 5.97 Å². The predicted octanol–water partition coefficient (Wildman–Crippen LogP) is 7.38. The van der Waals surface area contributed by atoms with Crippen molar-refractivity contribution >= 4 is 35.0 Å². The molecule has 0 aliphatic rings. The minimum Gasteiger partial charge on any atom is -0.489 e. The summed E-state index contributed by atoms with van der Waals surface area (Å²) >= 11 is 8.14. The lowest BCUT2D eigenvalue weighted by molar-refractivity contribution is 0.0697. The van der Waals surface area contributed by atoms with Gasteiger partial charge in [-0.15, -0.1) is 0 Å². The summed E-state index contributed by atoms with van der Waals surface area (Å²) in [4.78, 5) is 13.2. The number of carboxylic acid groups (broad SMARTS) is 1. The summed E-state index contributed by atoms with van der Waals surface area (Å²) in [6, 6.07) is 30.7. The molecule has 33 heavy (non-hydrogen) atoms. The molecule has 0 spiro atoms. The standard InChI is InChI=1S/C27H22ClNO3S/c28-26-16-25(13-12-21(26)17-29-22-9-4-8-20(14-22)27(30)31)33-24-11-5-10-23(15-24)32-18-19-6-2-1-3-7-19/h1-16,29H,17-18H2,(H,30,31). The Balaban J connectivity index is 1.37. The third-order valence-corrected chi connectivity index (χ3v) is 6.24. The Labute approximate surface area is 202 Å². The van der Waals surface area contributed by atoms with Crippen molar-refractivity contribution in [3.05, 3.63) is 119 Å². The second-order valence-electron chi connectivity index (χ2n) is 7.34. The smallest absolute Gasteiger partial charge is 0.335 e. The van der Waals surface area contributed by atoms with Crippen molar-refractivity contribution in [3.63, 3.8) is 0 Å². The zero-order valence-corrected chi connectivity index (χ0v) is 19.3. The molecule has 0 atom stereocenters. The van der Waals surface area contributed by atoms with E-state index < -0.39 is 5.97 Å². The second-order valence-corrected chi connectivity index (χ2v) is 8.90. The molecule has 0 unspecified atom stereocenters. The number of benzene rings is 4. The fourth-order valence-corrected chi connectivity index (χ4v) is 4.42. The monoisotopic (exact) mass is 475 g/mol. The molecule has 4 rings (SSSR count). The van der Waals surface area contributed by atoms with E-state index in [2.05, 4.69) is 5.32 Å². The highest BCUT2D eigenvalue weighted by Crippen LogP contribution is 2.33. The van der Waals surface area contributed by atoms with E-state index in [1.54, 1.807) is 30.0 Å². The summed E-state index contributed by atoms with van der Waals surface area (Å²) in [5, 5.41) is 13.0. The number of rotatable bonds is 9. The Kier molecular flexibility index (Phi) is 7.55. The van der Waals surface area contributed by atoms with Crippen LogP contribution in [0.5, 0.6) is 5.75 Å². The van der Waals surface area contributed by atoms with Crippen LogP contribution in [0.15, 0.2) is 107 Å². The molecule has 0 aliphatic carbocycles. The van der Waals surface area contributed by atoms with E-state index in [4.69, 9.17) is 21.4 Å². The number of aromatic carboxylic acids is 1. The molecular weight excluding hydrogens is 454 g/mol. The number of hydrogen-bond donors (Lipinski definition) is 2. The van der Waals surface area contributed by atoms with Gasteiger partial charge in [-0.2, -0.15) is 0 Å². The van der Waals surface area contributed by atoms with E-state index in [0.29, 0.717) is 18.2 Å². The number of carbonyl (C=O) groups is 1. The molecule has 4 aromatic carbocycles. The molecule has 4 aromatic rings. The van der Waals surface area contributed by atoms with Gasteiger partial charge in [0.1, 0.15) is 12.4 Å². The van der Waals surface area contributed by atoms with Crippen LogP contribution < -0.4 is 10.1 Å². The fourth-order valence-electron chi connectivity index (χ4n) is 3.20. The number of hydrogen-bond acceptors (Lipinski definition) is 4. The Morgan fingerprint density at radius 2 is 1.67 bits per heavy atom. The summed E-state index contributed by atoms with van der Waals surface area (Å²) in [5.74, 6) is -0.132. The van der Waals surface area contributed by atoms with Crippen LogP contribution in [0, 0.1) is 0 Å². The summed E-state index contributed by atoms with van der Waals surface area (Å²) in [6.07, 6.45) is 0. The van der Waals surface area contributed by atoms with E-state index in [1.165, 1.54) is 0 Å². The van der Waals surface area contributed by atoms with Crippen LogP contribution in [0.2, 0.25) is 5.02 Å². The van der Waals surface area contributed by atoms with Crippen molar-refractivity contribution in [2.75, 3.05) is 5.32 Å². The lowest BCUT2D eigenvalue weighted by Gasteiger charge is -2.11. The van der Waals surface area contributed by atoms with Gasteiger partial charge in [0.2, 0.25) is 0 Å². The first kappa shape index (κ1) is 22.8. The third kappa shape index (κ3) is 6.54. The molecule has 0 fully saturated rings. The van der Waals surface area contributed by atoms with Gasteiger partial charge in [0.15, 0.2) is 0 Å². The average Bonchev–Trinajstić information content (AvgIpc) is 2.83. The zero-order valence-electron chi connectivity index (χ0n) is 17.7. The first-order valence-corrected chi connectivity index (χ1v) is 11.6. The van der Waals surface area contributed by atoms with Gasteiger partial charge in [0, 0.05) is 27.0 Å². The highest BCUT2D eigenvalue weighted by molar-refractivity contribution is 7.99. The molecule has 0 heterocycles. The summed E-state index contributed by atoms with van der Waals surface area (Å²) in [5.41, 5.74) is 3.03. The zero-order chi connectivity index (χ0) is 23.0. The maximum atomic E-state index is 11.1. The van der Waals surface area contributed by atoms with Gasteiger partial charge in [0.05, 0.1) is 5.56 Å². The minimum atomic E-state index is -0.951. The van der Waals surface area contributed by atoms with Gasteiger partial charge in [-0.1, -0.05) is 71.9 Å². The number of halogens is 1. The first-order valence-electron chi connectivity index (χ1n) is 10.4. The highest BCUT2D eigenvalue weighted by Gasteiger charge is 2.07. The minimum absolute atomic E-state index is 0.243. The molecule has 0 aliphatic heterocycles. The topological polar surface area (TPSA) is 58.6 Å². The van der Waals surface area contributed by atoms with E-state index in [1.807, 2.05) is 78.9 Å². The van der Waals surface area contributed by atoms with E-state index in [9.17, 15) is 4.79 Å². The largest absolute Gasteiger partial charge is 0.489 e. The van der Waals surface area contributed by atoms with Crippen molar-refractivity contribution in [1.29, 1.82) is 0 Å². The van der Waals surface area contributed by atoms with Crippen LogP contribution >= 0.6 is 23.4 Å². The van der Waals surface area contributed by atoms with Crippen molar-refractivity contribution < 1.29 is 14.6 Å². The van der Waals surface area contributed by atoms with Crippen molar-refractivity contribution in [1.82, 2.24) is 0 Å². The van der Waals surface area contributed by atoms with Crippen molar-refractivity contribution in [2.24, 2.45) is 0 Å². The van der Waals surface area contributed by atoms with Gasteiger partial charge in [-0.3, -0.25) is 0 Å². The maximum Gasteiger partial charge on any atom is 0.335 e. The Hall–Kier alpha value is -3.41. The molecule has 0 aromatic heterocycles. The van der Waals surface area contributed by atoms with E-state index in [0.717, 1.165) is 32.4 Å². The Morgan fingerprint density at radius 1 is 0.879 bits per heavy atom. The van der Waals surface area contributed by atoms with Crippen LogP contribution in [-0.4, -0.2) is 11.1 Å². The van der Waals surface area contributed by atoms with Crippen LogP contribution in [0.3, 0.4) is 0 Å². The fraction of sp³-hybridized carbons (Fsp3) is 0.0741. The number of ether oxygens (including phenoxy) is 1. The second kappa shape index (κ2) is 10.9. The number of anilines is 1. The van der Waals surface area contributed by atoms with Gasteiger partial charge < -0.3 is 15.2 Å². The number of carboxylic acids is 1. The van der Waals surface area contributed by atoms with E-state index >= 15 is 0 Å². The van der Waals surface area contributed by atoms with Crippen LogP contribution in [0.4, 0.5) is 5.69 Å². The van der Waals surface area contributed by atoms with Gasteiger partial charge in [0.25, 0.3) is 0 Å². The van der Waals surface area contributed by atoms with Gasteiger partial charge in [-0.25, -0.2) is 4.79 Å². The van der Waals surface area contributed by atoms with Crippen LogP contribution in [0.1, 0.15) is 21.5 Å². The lowest BCUT2D eigenvalue weighted by Crippen LogP contribution is -2.02. The Morgan fingerprint density at radius 3 is 2.45 bits per heavy atom. The normalized spacial score (nSPS) is 10.6. The third-order valence-electron chi connectivity index (χ3n) is 4.91. The molecule has 0 saturated heterocycles. The van der Waals surface area contributed by atoms with Crippen molar-refractivity contribution in [2.45, 2.75) is 22.9 Å². The predicted molar refractivity (Wildman–Crippen MR) is 134 cm³/mol. The first-order chi connectivity index (χ1) is 16.1. The van der Waals surface area contributed by atoms with Crippen molar-refractivity contribution in [3.8, 4) is 5.75 Å². The molecule has 166 valence electrons. The number of nitrogens with one attached hydrogen (secondary N) is 1. The summed E-state index contributed by atoms with van der Waals surface area (Å²) < 4.78 is 5.93. The van der Waals surface area contributed by atoms with Gasteiger partial charge in [-0.05, 0) is 59.7 Å². The molecule has 4 nitrogen and oxygen atoms in total. The highest BCUT2D eigenvalue weighted by atomic mass is 35.5. The molecular formula is C27H22ClNO3S.